The van der Waals surface area contributed by atoms with Crippen molar-refractivity contribution in [1.82, 2.24) is 5.32 Å². The van der Waals surface area contributed by atoms with Gasteiger partial charge in [-0.25, -0.2) is 4.79 Å². The lowest BCUT2D eigenvalue weighted by Gasteiger charge is -2.39. The summed E-state index contributed by atoms with van der Waals surface area (Å²) in [6, 6.07) is 8.81. The molecule has 1 aromatic carbocycles. The summed E-state index contributed by atoms with van der Waals surface area (Å²) in [5.41, 5.74) is 0.873. The maximum absolute atomic E-state index is 12.1. The largest absolute Gasteiger partial charge is 0.623 e. The van der Waals surface area contributed by atoms with Crippen LogP contribution in [0.5, 0.6) is 0 Å². The van der Waals surface area contributed by atoms with Crippen LogP contribution in [0, 0.1) is 5.21 Å². The van der Waals surface area contributed by atoms with Crippen molar-refractivity contribution in [3.63, 3.8) is 0 Å². The first-order valence-electron chi connectivity index (χ1n) is 4.79. The van der Waals surface area contributed by atoms with Gasteiger partial charge in [0.1, 0.15) is 13.1 Å². The van der Waals surface area contributed by atoms with E-state index in [2.05, 4.69) is 5.32 Å². The SMILES string of the molecule is O=C1NC=CC[N+]1([O-])Cc1ccccc1. The second-order valence-corrected chi connectivity index (χ2v) is 3.57. The number of nitrogens with zero attached hydrogens (tertiary/aromatic N) is 1. The maximum atomic E-state index is 12.1. The number of hydrogen-bond donors (Lipinski definition) is 1. The lowest BCUT2D eigenvalue weighted by Crippen LogP contribution is -2.53. The normalized spacial score (nSPS) is 25.0. The molecular formula is C11H12N2O2. The van der Waals surface area contributed by atoms with Crippen LogP contribution >= 0.6 is 0 Å². The number of nitrogens with one attached hydrogen (secondary N) is 1. The fraction of sp³-hybridized carbons (Fsp3) is 0.182. The van der Waals surface area contributed by atoms with E-state index in [1.54, 1.807) is 6.08 Å². The highest BCUT2D eigenvalue weighted by Crippen LogP contribution is 2.15. The van der Waals surface area contributed by atoms with Gasteiger partial charge in [-0.2, -0.15) is 0 Å². The number of carbonyl (C=O) groups is 1. The molecule has 1 unspecified atom stereocenters. The van der Waals surface area contributed by atoms with Gasteiger partial charge in [0.25, 0.3) is 0 Å². The Morgan fingerprint density at radius 3 is 2.73 bits per heavy atom. The van der Waals surface area contributed by atoms with Crippen molar-refractivity contribution in [2.75, 3.05) is 6.54 Å². The fourth-order valence-electron chi connectivity index (χ4n) is 1.57. The first-order valence-corrected chi connectivity index (χ1v) is 4.79. The molecule has 0 saturated heterocycles. The molecule has 4 heteroatoms. The zero-order valence-corrected chi connectivity index (χ0v) is 8.22. The molecule has 0 aliphatic carbocycles. The molecule has 1 heterocycles. The Balaban J connectivity index is 2.17. The summed E-state index contributed by atoms with van der Waals surface area (Å²) in [7, 11) is 0. The number of carbonyl (C=O) groups excluding carboxylic acids is 1. The molecule has 0 saturated carbocycles. The van der Waals surface area contributed by atoms with E-state index in [1.165, 1.54) is 6.20 Å². The van der Waals surface area contributed by atoms with Gasteiger partial charge in [0, 0.05) is 11.8 Å². The molecule has 1 N–H and O–H groups in total. The van der Waals surface area contributed by atoms with Gasteiger partial charge in [0.2, 0.25) is 0 Å². The molecule has 15 heavy (non-hydrogen) atoms. The molecule has 0 fully saturated rings. The molecule has 1 aromatic rings. The average molecular weight is 204 g/mol. The van der Waals surface area contributed by atoms with Gasteiger partial charge in [-0.15, -0.1) is 0 Å². The number of benzene rings is 1. The molecular weight excluding hydrogens is 192 g/mol. The van der Waals surface area contributed by atoms with E-state index in [-0.39, 0.29) is 13.1 Å². The predicted molar refractivity (Wildman–Crippen MR) is 56.3 cm³/mol. The topological polar surface area (TPSA) is 52.2 Å². The minimum absolute atomic E-state index is 0.178. The second kappa shape index (κ2) is 3.84. The summed E-state index contributed by atoms with van der Waals surface area (Å²) in [5, 5.41) is 14.5. The predicted octanol–water partition coefficient (Wildman–Crippen LogP) is 1.74. The molecule has 2 rings (SSSR count). The number of quaternary nitrogens is 1. The number of hydroxylamine groups is 3. The zero-order chi connectivity index (χ0) is 10.7. The van der Waals surface area contributed by atoms with Gasteiger partial charge < -0.3 is 5.21 Å². The molecule has 0 aromatic heterocycles. The summed E-state index contributed by atoms with van der Waals surface area (Å²) >= 11 is 0. The van der Waals surface area contributed by atoms with Crippen LogP contribution in [0.25, 0.3) is 0 Å². The lowest BCUT2D eigenvalue weighted by molar-refractivity contribution is -0.808. The molecule has 0 spiro atoms. The van der Waals surface area contributed by atoms with E-state index < -0.39 is 10.7 Å². The van der Waals surface area contributed by atoms with E-state index in [4.69, 9.17) is 0 Å². The lowest BCUT2D eigenvalue weighted by atomic mass is 10.2. The molecule has 78 valence electrons. The van der Waals surface area contributed by atoms with Crippen LogP contribution in [0.1, 0.15) is 5.56 Å². The Bertz CT molecular complexity index is 389. The van der Waals surface area contributed by atoms with Gasteiger partial charge in [0.15, 0.2) is 0 Å². The Morgan fingerprint density at radius 1 is 1.33 bits per heavy atom. The fourth-order valence-corrected chi connectivity index (χ4v) is 1.57. The quantitative estimate of drug-likeness (QED) is 0.589. The van der Waals surface area contributed by atoms with Crippen LogP contribution in [0.15, 0.2) is 42.6 Å². The van der Waals surface area contributed by atoms with Crippen LogP contribution in [0.3, 0.4) is 0 Å². The van der Waals surface area contributed by atoms with E-state index >= 15 is 0 Å². The molecule has 4 nitrogen and oxygen atoms in total. The van der Waals surface area contributed by atoms with Crippen LogP contribution in [-0.2, 0) is 6.54 Å². The van der Waals surface area contributed by atoms with E-state index in [0.29, 0.717) is 0 Å². The van der Waals surface area contributed by atoms with E-state index in [0.717, 1.165) is 5.56 Å². The van der Waals surface area contributed by atoms with Crippen LogP contribution in [0.4, 0.5) is 4.79 Å². The van der Waals surface area contributed by atoms with Crippen LogP contribution in [0.2, 0.25) is 0 Å². The van der Waals surface area contributed by atoms with Gasteiger partial charge in [-0.05, 0) is 6.08 Å². The van der Waals surface area contributed by atoms with Gasteiger partial charge in [-0.1, -0.05) is 30.3 Å². The van der Waals surface area contributed by atoms with Gasteiger partial charge in [-0.3, -0.25) is 9.96 Å². The standard InChI is InChI=1S/C11H12N2O2/c14-11-12-7-4-8-13(11,15)9-10-5-2-1-3-6-10/h1-7H,8-9H2,(H,12,14). The zero-order valence-electron chi connectivity index (χ0n) is 8.22. The smallest absolute Gasteiger partial charge is 0.421 e. The molecule has 1 aliphatic heterocycles. The van der Waals surface area contributed by atoms with Crippen molar-refractivity contribution in [3.05, 3.63) is 53.4 Å². The van der Waals surface area contributed by atoms with Crippen molar-refractivity contribution in [2.45, 2.75) is 6.54 Å². The van der Waals surface area contributed by atoms with Gasteiger partial charge >= 0.3 is 6.03 Å². The number of urea groups is 1. The van der Waals surface area contributed by atoms with Crippen molar-refractivity contribution in [1.29, 1.82) is 0 Å². The van der Waals surface area contributed by atoms with Gasteiger partial charge in [0.05, 0.1) is 0 Å². The monoisotopic (exact) mass is 204 g/mol. The average Bonchev–Trinajstić information content (AvgIpc) is 2.24. The highest BCUT2D eigenvalue weighted by atomic mass is 16.6. The Labute approximate surface area is 88.0 Å². The molecule has 1 aliphatic rings. The second-order valence-electron chi connectivity index (χ2n) is 3.57. The van der Waals surface area contributed by atoms with Crippen LogP contribution in [-0.4, -0.2) is 17.2 Å². The summed E-state index contributed by atoms with van der Waals surface area (Å²) in [4.78, 5) is 11.4. The summed E-state index contributed by atoms with van der Waals surface area (Å²) in [6.07, 6.45) is 3.19. The Kier molecular flexibility index (Phi) is 2.53. The van der Waals surface area contributed by atoms with Crippen molar-refractivity contribution in [2.24, 2.45) is 0 Å². The van der Waals surface area contributed by atoms with Crippen molar-refractivity contribution >= 4 is 6.03 Å². The van der Waals surface area contributed by atoms with Crippen molar-refractivity contribution < 1.29 is 9.44 Å². The highest BCUT2D eigenvalue weighted by Gasteiger charge is 2.28. The minimum Gasteiger partial charge on any atom is -0.623 e. The van der Waals surface area contributed by atoms with Crippen LogP contribution < -0.4 is 5.32 Å². The number of rotatable bonds is 2. The third kappa shape index (κ3) is 2.06. The summed E-state index contributed by atoms with van der Waals surface area (Å²) < 4.78 is -0.861. The number of hydrogen-bond acceptors (Lipinski definition) is 2. The van der Waals surface area contributed by atoms with E-state index in [9.17, 15) is 10.0 Å². The Morgan fingerprint density at radius 2 is 2.07 bits per heavy atom. The molecule has 0 bridgehead atoms. The Hall–Kier alpha value is -1.65. The minimum atomic E-state index is -0.861. The maximum Gasteiger partial charge on any atom is 0.421 e. The van der Waals surface area contributed by atoms with Crippen molar-refractivity contribution in [3.8, 4) is 0 Å². The summed E-state index contributed by atoms with van der Waals surface area (Å²) in [6.45, 7) is 0.373. The van der Waals surface area contributed by atoms with E-state index in [1.807, 2.05) is 30.3 Å². The number of amides is 2. The molecule has 1 atom stereocenters. The first kappa shape index (κ1) is 9.89. The third-order valence-electron chi connectivity index (χ3n) is 2.38. The summed E-state index contributed by atoms with van der Waals surface area (Å²) in [5.74, 6) is 0. The first-order chi connectivity index (χ1) is 7.21. The third-order valence-corrected chi connectivity index (χ3v) is 2.38. The molecule has 0 radical (unpaired) electrons. The molecule has 2 amide bonds. The highest BCUT2D eigenvalue weighted by molar-refractivity contribution is 5.69.